The third-order valence-corrected chi connectivity index (χ3v) is 4.40. The topological polar surface area (TPSA) is 87.7 Å². The van der Waals surface area contributed by atoms with Crippen LogP contribution < -0.4 is 15.4 Å². The van der Waals surface area contributed by atoms with Crippen LogP contribution in [0.25, 0.3) is 0 Å². The van der Waals surface area contributed by atoms with Gasteiger partial charge in [0.15, 0.2) is 0 Å². The highest BCUT2D eigenvalue weighted by atomic mass is 16.5. The van der Waals surface area contributed by atoms with Crippen LogP contribution in [0.4, 0.5) is 4.79 Å². The van der Waals surface area contributed by atoms with Gasteiger partial charge in [0, 0.05) is 19.0 Å². The molecular formula is C18H23N3O4. The van der Waals surface area contributed by atoms with Crippen LogP contribution in [0.2, 0.25) is 0 Å². The van der Waals surface area contributed by atoms with E-state index in [0.29, 0.717) is 19.6 Å². The van der Waals surface area contributed by atoms with Crippen molar-refractivity contribution in [2.45, 2.75) is 51.2 Å². The minimum absolute atomic E-state index is 0.0188. The Morgan fingerprint density at radius 1 is 1.24 bits per heavy atom. The van der Waals surface area contributed by atoms with E-state index in [2.05, 4.69) is 10.6 Å². The predicted molar refractivity (Wildman–Crippen MR) is 90.9 cm³/mol. The molecule has 2 aliphatic rings. The van der Waals surface area contributed by atoms with Crippen molar-refractivity contribution in [1.29, 1.82) is 0 Å². The number of nitrogens with zero attached hydrogens (tertiary/aromatic N) is 1. The normalized spacial score (nSPS) is 19.3. The number of imide groups is 1. The average Bonchev–Trinajstić information content (AvgIpc) is 3.37. The van der Waals surface area contributed by atoms with Crippen molar-refractivity contribution < 1.29 is 19.1 Å². The zero-order valence-electron chi connectivity index (χ0n) is 14.3. The highest BCUT2D eigenvalue weighted by Gasteiger charge is 2.34. The number of hydrogen-bond acceptors (Lipinski definition) is 4. The largest absolute Gasteiger partial charge is 0.494 e. The molecule has 0 bridgehead atoms. The summed E-state index contributed by atoms with van der Waals surface area (Å²) in [6.07, 6.45) is 2.60. The molecule has 0 spiro atoms. The molecule has 0 unspecified atom stereocenters. The van der Waals surface area contributed by atoms with Gasteiger partial charge in [-0.05, 0) is 43.9 Å². The molecule has 1 saturated heterocycles. The van der Waals surface area contributed by atoms with Crippen molar-refractivity contribution in [3.05, 3.63) is 29.8 Å². The van der Waals surface area contributed by atoms with Crippen LogP contribution in [-0.2, 0) is 16.1 Å². The zero-order valence-corrected chi connectivity index (χ0v) is 14.3. The monoisotopic (exact) mass is 345 g/mol. The van der Waals surface area contributed by atoms with Gasteiger partial charge in [0.25, 0.3) is 5.91 Å². The molecule has 1 saturated carbocycles. The summed E-state index contributed by atoms with van der Waals surface area (Å²) >= 11 is 0. The van der Waals surface area contributed by atoms with Gasteiger partial charge in [0.05, 0.1) is 6.61 Å². The number of benzene rings is 1. The van der Waals surface area contributed by atoms with Gasteiger partial charge in [0.2, 0.25) is 5.91 Å². The number of amides is 4. The molecule has 0 radical (unpaired) electrons. The van der Waals surface area contributed by atoms with E-state index in [0.717, 1.165) is 24.2 Å². The summed E-state index contributed by atoms with van der Waals surface area (Å²) < 4.78 is 5.43. The van der Waals surface area contributed by atoms with Gasteiger partial charge < -0.3 is 15.0 Å². The van der Waals surface area contributed by atoms with Crippen LogP contribution in [0.15, 0.2) is 24.3 Å². The molecule has 1 aromatic rings. The second kappa shape index (κ2) is 7.55. The van der Waals surface area contributed by atoms with Crippen LogP contribution in [0.3, 0.4) is 0 Å². The maximum absolute atomic E-state index is 12.6. The second-order valence-corrected chi connectivity index (χ2v) is 6.38. The SMILES string of the molecule is CCOc1ccc(CN(C(=O)CC[C@@H]2NC(=O)NC2=O)C2CC2)cc1. The van der Waals surface area contributed by atoms with E-state index in [9.17, 15) is 14.4 Å². The summed E-state index contributed by atoms with van der Waals surface area (Å²) in [5, 5.41) is 4.71. The Bertz CT molecular complexity index is 655. The molecule has 1 aliphatic heterocycles. The Hall–Kier alpha value is -2.57. The van der Waals surface area contributed by atoms with Crippen molar-refractivity contribution in [3.63, 3.8) is 0 Å². The Morgan fingerprint density at radius 2 is 1.96 bits per heavy atom. The Kier molecular flexibility index (Phi) is 5.21. The molecule has 1 aliphatic carbocycles. The van der Waals surface area contributed by atoms with Gasteiger partial charge in [0.1, 0.15) is 11.8 Å². The molecule has 7 nitrogen and oxygen atoms in total. The van der Waals surface area contributed by atoms with E-state index in [1.165, 1.54) is 0 Å². The lowest BCUT2D eigenvalue weighted by Crippen LogP contribution is -2.35. The van der Waals surface area contributed by atoms with Gasteiger partial charge in [-0.1, -0.05) is 12.1 Å². The lowest BCUT2D eigenvalue weighted by Gasteiger charge is -2.23. The predicted octanol–water partition coefficient (Wildman–Crippen LogP) is 1.56. The zero-order chi connectivity index (χ0) is 17.8. The number of hydrogen-bond donors (Lipinski definition) is 2. The Balaban J connectivity index is 1.56. The second-order valence-electron chi connectivity index (χ2n) is 6.38. The van der Waals surface area contributed by atoms with Crippen molar-refractivity contribution in [3.8, 4) is 5.75 Å². The lowest BCUT2D eigenvalue weighted by atomic mass is 10.1. The third kappa shape index (κ3) is 4.49. The Labute approximate surface area is 146 Å². The maximum atomic E-state index is 12.6. The number of nitrogens with one attached hydrogen (secondary N) is 2. The first-order valence-corrected chi connectivity index (χ1v) is 8.69. The van der Waals surface area contributed by atoms with Crippen molar-refractivity contribution in [2.75, 3.05) is 6.61 Å². The summed E-state index contributed by atoms with van der Waals surface area (Å²) in [5.74, 6) is 0.478. The number of ether oxygens (including phenoxy) is 1. The third-order valence-electron chi connectivity index (χ3n) is 4.40. The van der Waals surface area contributed by atoms with Crippen LogP contribution in [0.5, 0.6) is 5.75 Å². The minimum atomic E-state index is -0.608. The molecule has 4 amide bonds. The van der Waals surface area contributed by atoms with Crippen molar-refractivity contribution in [2.24, 2.45) is 0 Å². The van der Waals surface area contributed by atoms with E-state index in [-0.39, 0.29) is 24.3 Å². The first kappa shape index (κ1) is 17.3. The molecular weight excluding hydrogens is 322 g/mol. The lowest BCUT2D eigenvalue weighted by molar-refractivity contribution is -0.132. The number of urea groups is 1. The fraction of sp³-hybridized carbons (Fsp3) is 0.500. The molecule has 2 N–H and O–H groups in total. The molecule has 134 valence electrons. The van der Waals surface area contributed by atoms with Crippen LogP contribution in [0, 0.1) is 0 Å². The summed E-state index contributed by atoms with van der Waals surface area (Å²) in [4.78, 5) is 37.2. The highest BCUT2D eigenvalue weighted by Crippen LogP contribution is 2.29. The van der Waals surface area contributed by atoms with E-state index < -0.39 is 12.1 Å². The van der Waals surface area contributed by atoms with E-state index in [1.807, 2.05) is 36.1 Å². The molecule has 1 aromatic carbocycles. The average molecular weight is 345 g/mol. The number of carbonyl (C=O) groups is 3. The highest BCUT2D eigenvalue weighted by molar-refractivity contribution is 6.04. The maximum Gasteiger partial charge on any atom is 0.322 e. The molecule has 0 aromatic heterocycles. The summed E-state index contributed by atoms with van der Waals surface area (Å²) in [5.41, 5.74) is 1.05. The van der Waals surface area contributed by atoms with E-state index in [1.54, 1.807) is 0 Å². The fourth-order valence-electron chi connectivity index (χ4n) is 2.94. The van der Waals surface area contributed by atoms with Crippen LogP contribution >= 0.6 is 0 Å². The van der Waals surface area contributed by atoms with Gasteiger partial charge in [-0.15, -0.1) is 0 Å². The van der Waals surface area contributed by atoms with Crippen LogP contribution in [0.1, 0.15) is 38.2 Å². The standard InChI is InChI=1S/C18H23N3O4/c1-2-25-14-7-3-12(4-8-14)11-21(13-5-6-13)16(22)10-9-15-17(23)20-18(24)19-15/h3-4,7-8,13,15H,2,5-6,9-11H2,1H3,(H2,19,20,23,24)/t15-/m0/s1. The van der Waals surface area contributed by atoms with Gasteiger partial charge in [-0.2, -0.15) is 0 Å². The molecule has 25 heavy (non-hydrogen) atoms. The van der Waals surface area contributed by atoms with Crippen molar-refractivity contribution >= 4 is 17.8 Å². The quantitative estimate of drug-likeness (QED) is 0.700. The molecule has 1 heterocycles. The van der Waals surface area contributed by atoms with E-state index in [4.69, 9.17) is 4.74 Å². The molecule has 1 atom stereocenters. The smallest absolute Gasteiger partial charge is 0.322 e. The molecule has 3 rings (SSSR count). The van der Waals surface area contributed by atoms with Gasteiger partial charge in [-0.25, -0.2) is 4.79 Å². The minimum Gasteiger partial charge on any atom is -0.494 e. The molecule has 2 fully saturated rings. The molecule has 7 heteroatoms. The van der Waals surface area contributed by atoms with Gasteiger partial charge >= 0.3 is 6.03 Å². The fourth-order valence-corrected chi connectivity index (χ4v) is 2.94. The Morgan fingerprint density at radius 3 is 2.52 bits per heavy atom. The van der Waals surface area contributed by atoms with Crippen molar-refractivity contribution in [1.82, 2.24) is 15.5 Å². The first-order chi connectivity index (χ1) is 12.1. The summed E-state index contributed by atoms with van der Waals surface area (Å²) in [6.45, 7) is 3.12. The van der Waals surface area contributed by atoms with Crippen LogP contribution in [-0.4, -0.2) is 41.4 Å². The van der Waals surface area contributed by atoms with Gasteiger partial charge in [-0.3, -0.25) is 14.9 Å². The summed E-state index contributed by atoms with van der Waals surface area (Å²) in [6, 6.07) is 6.95. The number of rotatable bonds is 8. The first-order valence-electron chi connectivity index (χ1n) is 8.69. The summed E-state index contributed by atoms with van der Waals surface area (Å²) in [7, 11) is 0. The number of carbonyl (C=O) groups excluding carboxylic acids is 3. The van der Waals surface area contributed by atoms with E-state index >= 15 is 0 Å².